The maximum atomic E-state index is 6.13. The first-order chi connectivity index (χ1) is 9.09. The van der Waals surface area contributed by atoms with E-state index in [9.17, 15) is 0 Å². The van der Waals surface area contributed by atoms with E-state index in [-0.39, 0.29) is 5.54 Å². The topological polar surface area (TPSA) is 45.4 Å². The summed E-state index contributed by atoms with van der Waals surface area (Å²) in [5.74, 6) is 0. The third-order valence-corrected chi connectivity index (χ3v) is 6.20. The molecule has 1 aliphatic heterocycles. The molecular weight excluding hydrogens is 256 g/mol. The number of anilines is 1. The average molecular weight is 280 g/mol. The molecule has 1 unspecified atom stereocenters. The molecule has 1 saturated heterocycles. The number of rotatable bonds is 4. The molecule has 19 heavy (non-hydrogen) atoms. The van der Waals surface area contributed by atoms with Crippen LogP contribution in [-0.2, 0) is 0 Å². The van der Waals surface area contributed by atoms with Gasteiger partial charge in [-0.15, -0.1) is 11.3 Å². The number of piperazine rings is 1. The maximum Gasteiger partial charge on any atom is 0.185 e. The van der Waals surface area contributed by atoms with Gasteiger partial charge >= 0.3 is 0 Å². The third kappa shape index (κ3) is 2.18. The van der Waals surface area contributed by atoms with Crippen LogP contribution in [0.15, 0.2) is 11.6 Å². The lowest BCUT2D eigenvalue weighted by Crippen LogP contribution is -2.62. The predicted molar refractivity (Wildman–Crippen MR) is 80.7 cm³/mol. The molecule has 1 saturated carbocycles. The number of aromatic nitrogens is 1. The molecular formula is C14H24N4S. The second-order valence-corrected chi connectivity index (χ2v) is 7.20. The highest BCUT2D eigenvalue weighted by atomic mass is 32.1. The summed E-state index contributed by atoms with van der Waals surface area (Å²) >= 11 is 1.73. The van der Waals surface area contributed by atoms with Crippen molar-refractivity contribution in [3.8, 4) is 0 Å². The van der Waals surface area contributed by atoms with Gasteiger partial charge < -0.3 is 10.6 Å². The minimum absolute atomic E-state index is 0.169. The van der Waals surface area contributed by atoms with Gasteiger partial charge in [0.2, 0.25) is 0 Å². The molecule has 1 atom stereocenters. The first-order valence-corrected chi connectivity index (χ1v) is 8.07. The Morgan fingerprint density at radius 2 is 2.05 bits per heavy atom. The number of hydrogen-bond donors (Lipinski definition) is 1. The minimum atomic E-state index is 0.169. The van der Waals surface area contributed by atoms with E-state index >= 15 is 0 Å². The second-order valence-electron chi connectivity index (χ2n) is 6.33. The van der Waals surface area contributed by atoms with E-state index in [1.807, 2.05) is 6.20 Å². The van der Waals surface area contributed by atoms with Crippen molar-refractivity contribution in [1.82, 2.24) is 9.88 Å². The number of nitrogens with zero attached hydrogens (tertiary/aromatic N) is 3. The SMILES string of the molecule is CC1(C(C)(CN)N2CCN(c3nccs3)CC2)CC1. The molecule has 0 radical (unpaired) electrons. The average Bonchev–Trinajstić information content (AvgIpc) is 2.99. The lowest BCUT2D eigenvalue weighted by molar-refractivity contribution is 0.0425. The van der Waals surface area contributed by atoms with Gasteiger partial charge in [-0.05, 0) is 25.2 Å². The zero-order valence-corrected chi connectivity index (χ0v) is 12.7. The fraction of sp³-hybridized carbons (Fsp3) is 0.786. The highest BCUT2D eigenvalue weighted by Gasteiger charge is 2.55. The second kappa shape index (κ2) is 4.72. The summed E-state index contributed by atoms with van der Waals surface area (Å²) in [4.78, 5) is 9.42. The Morgan fingerprint density at radius 3 is 2.53 bits per heavy atom. The van der Waals surface area contributed by atoms with Gasteiger partial charge in [-0.3, -0.25) is 4.90 Å². The van der Waals surface area contributed by atoms with Crippen molar-refractivity contribution in [3.63, 3.8) is 0 Å². The van der Waals surface area contributed by atoms with Gasteiger partial charge in [0.25, 0.3) is 0 Å². The molecule has 5 heteroatoms. The van der Waals surface area contributed by atoms with Crippen molar-refractivity contribution < 1.29 is 0 Å². The zero-order chi connectivity index (χ0) is 13.5. The molecule has 2 heterocycles. The number of nitrogens with two attached hydrogens (primary N) is 1. The molecule has 3 rings (SSSR count). The van der Waals surface area contributed by atoms with E-state index < -0.39 is 0 Å². The van der Waals surface area contributed by atoms with Gasteiger partial charge in [-0.2, -0.15) is 0 Å². The van der Waals surface area contributed by atoms with Crippen LogP contribution >= 0.6 is 11.3 Å². The Bertz CT molecular complexity index is 421. The number of hydrogen-bond acceptors (Lipinski definition) is 5. The Balaban J connectivity index is 1.66. The summed E-state index contributed by atoms with van der Waals surface area (Å²) in [6, 6.07) is 0. The fourth-order valence-electron chi connectivity index (χ4n) is 3.25. The predicted octanol–water partition coefficient (Wildman–Crippen LogP) is 1.78. The first-order valence-electron chi connectivity index (χ1n) is 7.19. The van der Waals surface area contributed by atoms with Gasteiger partial charge in [0.05, 0.1) is 0 Å². The van der Waals surface area contributed by atoms with E-state index in [2.05, 4.69) is 34.0 Å². The molecule has 1 aromatic rings. The highest BCUT2D eigenvalue weighted by Crippen LogP contribution is 2.55. The van der Waals surface area contributed by atoms with Crippen LogP contribution in [0.5, 0.6) is 0 Å². The molecule has 1 aliphatic carbocycles. The van der Waals surface area contributed by atoms with E-state index in [4.69, 9.17) is 5.73 Å². The monoisotopic (exact) mass is 280 g/mol. The van der Waals surface area contributed by atoms with Crippen LogP contribution in [0.3, 0.4) is 0 Å². The van der Waals surface area contributed by atoms with Crippen molar-refractivity contribution in [2.75, 3.05) is 37.6 Å². The minimum Gasteiger partial charge on any atom is -0.346 e. The van der Waals surface area contributed by atoms with Crippen molar-refractivity contribution in [2.45, 2.75) is 32.2 Å². The lowest BCUT2D eigenvalue weighted by atomic mass is 9.81. The molecule has 0 bridgehead atoms. The molecule has 0 spiro atoms. The molecule has 4 nitrogen and oxygen atoms in total. The van der Waals surface area contributed by atoms with Crippen LogP contribution in [0.2, 0.25) is 0 Å². The van der Waals surface area contributed by atoms with Crippen LogP contribution in [0.25, 0.3) is 0 Å². The smallest absolute Gasteiger partial charge is 0.185 e. The van der Waals surface area contributed by atoms with E-state index in [1.165, 1.54) is 12.8 Å². The van der Waals surface area contributed by atoms with Gasteiger partial charge in [0.15, 0.2) is 5.13 Å². The zero-order valence-electron chi connectivity index (χ0n) is 11.9. The van der Waals surface area contributed by atoms with Gasteiger partial charge in [-0.1, -0.05) is 6.92 Å². The van der Waals surface area contributed by atoms with Crippen molar-refractivity contribution in [1.29, 1.82) is 0 Å². The Labute approximate surface area is 119 Å². The van der Waals surface area contributed by atoms with E-state index in [0.717, 1.165) is 37.9 Å². The highest BCUT2D eigenvalue weighted by molar-refractivity contribution is 7.13. The Kier molecular flexibility index (Phi) is 3.31. The summed E-state index contributed by atoms with van der Waals surface area (Å²) in [6.07, 6.45) is 4.54. The molecule has 2 aliphatic rings. The first kappa shape index (κ1) is 13.3. The van der Waals surface area contributed by atoms with Gasteiger partial charge in [0, 0.05) is 49.8 Å². The van der Waals surface area contributed by atoms with Crippen LogP contribution < -0.4 is 10.6 Å². The van der Waals surface area contributed by atoms with E-state index in [1.54, 1.807) is 11.3 Å². The normalized spacial score (nSPS) is 26.2. The van der Waals surface area contributed by atoms with Gasteiger partial charge in [0.1, 0.15) is 0 Å². The third-order valence-electron chi connectivity index (χ3n) is 5.37. The summed E-state index contributed by atoms with van der Waals surface area (Å²) in [7, 11) is 0. The maximum absolute atomic E-state index is 6.13. The lowest BCUT2D eigenvalue weighted by Gasteiger charge is -2.49. The van der Waals surface area contributed by atoms with E-state index in [0.29, 0.717) is 5.41 Å². The standard InChI is InChI=1S/C14H24N4S/c1-13(3-4-13)14(2,11-15)18-8-6-17(7-9-18)12-16-5-10-19-12/h5,10H,3-4,6-9,11,15H2,1-2H3. The summed E-state index contributed by atoms with van der Waals surface area (Å²) in [5.41, 5.74) is 6.73. The Hall–Kier alpha value is -0.650. The molecule has 0 amide bonds. The Morgan fingerprint density at radius 1 is 1.37 bits per heavy atom. The summed E-state index contributed by atoms with van der Waals surface area (Å²) in [5, 5.41) is 3.21. The van der Waals surface area contributed by atoms with Crippen LogP contribution in [0.1, 0.15) is 26.7 Å². The van der Waals surface area contributed by atoms with Crippen molar-refractivity contribution in [3.05, 3.63) is 11.6 Å². The summed E-state index contributed by atoms with van der Waals surface area (Å²) in [6.45, 7) is 9.86. The molecule has 0 aromatic carbocycles. The fourth-order valence-corrected chi connectivity index (χ4v) is 3.94. The van der Waals surface area contributed by atoms with Gasteiger partial charge in [-0.25, -0.2) is 4.98 Å². The summed E-state index contributed by atoms with van der Waals surface area (Å²) < 4.78 is 0. The van der Waals surface area contributed by atoms with Crippen LogP contribution in [-0.4, -0.2) is 48.1 Å². The van der Waals surface area contributed by atoms with Crippen LogP contribution in [0.4, 0.5) is 5.13 Å². The van der Waals surface area contributed by atoms with Crippen molar-refractivity contribution in [2.24, 2.45) is 11.1 Å². The largest absolute Gasteiger partial charge is 0.346 e. The molecule has 106 valence electrons. The van der Waals surface area contributed by atoms with Crippen molar-refractivity contribution >= 4 is 16.5 Å². The quantitative estimate of drug-likeness (QED) is 0.913. The number of thiazole rings is 1. The van der Waals surface area contributed by atoms with Crippen LogP contribution in [0, 0.1) is 5.41 Å². The molecule has 2 N–H and O–H groups in total. The molecule has 2 fully saturated rings. The molecule has 1 aromatic heterocycles.